The maximum Gasteiger partial charge on any atom is 0.251 e. The van der Waals surface area contributed by atoms with E-state index in [0.29, 0.717) is 10.8 Å². The molecule has 26 heavy (non-hydrogen) atoms. The van der Waals surface area contributed by atoms with Crippen LogP contribution in [0.15, 0.2) is 65.8 Å². The molecule has 0 aromatic heterocycles. The lowest BCUT2D eigenvalue weighted by Gasteiger charge is -2.36. The van der Waals surface area contributed by atoms with Gasteiger partial charge in [0, 0.05) is 5.92 Å². The van der Waals surface area contributed by atoms with Crippen molar-refractivity contribution in [3.63, 3.8) is 0 Å². The second kappa shape index (κ2) is 6.96. The maximum atomic E-state index is 13.0. The number of allylic oxidation sites excluding steroid dienone is 2. The summed E-state index contributed by atoms with van der Waals surface area (Å²) in [6, 6.07) is 15.2. The first-order valence-electron chi connectivity index (χ1n) is 8.65. The lowest BCUT2D eigenvalue weighted by molar-refractivity contribution is -0.123. The van der Waals surface area contributed by atoms with Gasteiger partial charge in [-0.2, -0.15) is 5.10 Å². The lowest BCUT2D eigenvalue weighted by Crippen LogP contribution is -2.45. The second-order valence-corrected chi connectivity index (χ2v) is 6.88. The molecular weight excluding hydrogens is 348 g/mol. The van der Waals surface area contributed by atoms with E-state index in [1.54, 1.807) is 7.11 Å². The van der Waals surface area contributed by atoms with Gasteiger partial charge in [0.1, 0.15) is 5.75 Å². The molecule has 0 bridgehead atoms. The van der Waals surface area contributed by atoms with Crippen LogP contribution in [0.25, 0.3) is 0 Å². The van der Waals surface area contributed by atoms with Crippen molar-refractivity contribution in [2.75, 3.05) is 12.1 Å². The highest BCUT2D eigenvalue weighted by Gasteiger charge is 2.40. The molecule has 1 aliphatic carbocycles. The molecule has 0 saturated carbocycles. The number of anilines is 1. The molecule has 0 radical (unpaired) electrons. The third-order valence-electron chi connectivity index (χ3n) is 4.97. The number of ether oxygens (including phenoxy) is 1. The average Bonchev–Trinajstić information content (AvgIpc) is 2.69. The van der Waals surface area contributed by atoms with Crippen LogP contribution in [0.4, 0.5) is 5.69 Å². The molecule has 2 atom stereocenters. The number of methoxy groups -OCH3 is 1. The van der Waals surface area contributed by atoms with E-state index in [4.69, 9.17) is 21.4 Å². The standard InChI is InChI=1S/C21H19ClN2O2/c1-26-19-12-11-14(13-18(19)22)20-16-9-5-6-10-17(16)21(25)24(23-20)15-7-3-2-4-8-15/h2-8,11-13,16-17H,9-10H2,1H3. The quantitative estimate of drug-likeness (QED) is 0.740. The van der Waals surface area contributed by atoms with Gasteiger partial charge in [0.05, 0.1) is 29.4 Å². The predicted molar refractivity (Wildman–Crippen MR) is 104 cm³/mol. The lowest BCUT2D eigenvalue weighted by atomic mass is 9.76. The highest BCUT2D eigenvalue weighted by Crippen LogP contribution is 2.37. The van der Waals surface area contributed by atoms with Crippen LogP contribution in [-0.2, 0) is 4.79 Å². The van der Waals surface area contributed by atoms with Crippen molar-refractivity contribution in [2.24, 2.45) is 16.9 Å². The molecule has 2 unspecified atom stereocenters. The fourth-order valence-electron chi connectivity index (χ4n) is 3.63. The molecule has 5 heteroatoms. The van der Waals surface area contributed by atoms with Gasteiger partial charge in [-0.15, -0.1) is 0 Å². The summed E-state index contributed by atoms with van der Waals surface area (Å²) < 4.78 is 5.25. The minimum absolute atomic E-state index is 0.0499. The molecule has 1 aliphatic heterocycles. The zero-order valence-corrected chi connectivity index (χ0v) is 15.2. The monoisotopic (exact) mass is 366 g/mol. The number of halogens is 1. The number of carbonyl (C=O) groups excluding carboxylic acids is 1. The number of hydrogen-bond acceptors (Lipinski definition) is 3. The summed E-state index contributed by atoms with van der Waals surface area (Å²) in [7, 11) is 1.59. The molecule has 4 nitrogen and oxygen atoms in total. The summed E-state index contributed by atoms with van der Waals surface area (Å²) in [6.45, 7) is 0. The van der Waals surface area contributed by atoms with Crippen molar-refractivity contribution in [1.29, 1.82) is 0 Å². The molecular formula is C21H19ClN2O2. The fraction of sp³-hybridized carbons (Fsp3) is 0.238. The van der Waals surface area contributed by atoms with Crippen LogP contribution in [0.3, 0.4) is 0 Å². The molecule has 2 aromatic carbocycles. The molecule has 0 fully saturated rings. The number of fused-ring (bicyclic) bond motifs is 1. The van der Waals surface area contributed by atoms with Crippen molar-refractivity contribution < 1.29 is 9.53 Å². The summed E-state index contributed by atoms with van der Waals surface area (Å²) in [6.07, 6.45) is 5.76. The van der Waals surface area contributed by atoms with Crippen LogP contribution in [0, 0.1) is 11.8 Å². The number of para-hydroxylation sites is 1. The SMILES string of the molecule is COc1ccc(C2=NN(c3ccccc3)C(=O)C3CC=CCC23)cc1Cl. The number of hydrazone groups is 1. The van der Waals surface area contributed by atoms with E-state index < -0.39 is 0 Å². The molecule has 0 spiro atoms. The molecule has 2 aromatic rings. The first-order valence-corrected chi connectivity index (χ1v) is 9.03. The maximum absolute atomic E-state index is 13.0. The normalized spacial score (nSPS) is 22.0. The van der Waals surface area contributed by atoms with E-state index in [2.05, 4.69) is 12.2 Å². The number of carbonyl (C=O) groups is 1. The van der Waals surface area contributed by atoms with Crippen molar-refractivity contribution >= 4 is 28.9 Å². The van der Waals surface area contributed by atoms with E-state index in [1.807, 2.05) is 48.5 Å². The second-order valence-electron chi connectivity index (χ2n) is 6.48. The molecule has 132 valence electrons. The Bertz CT molecular complexity index is 892. The van der Waals surface area contributed by atoms with Gasteiger partial charge < -0.3 is 4.74 Å². The Hall–Kier alpha value is -2.59. The van der Waals surface area contributed by atoms with E-state index in [0.717, 1.165) is 29.8 Å². The molecule has 4 rings (SSSR count). The third-order valence-corrected chi connectivity index (χ3v) is 5.26. The molecule has 1 amide bonds. The van der Waals surface area contributed by atoms with E-state index >= 15 is 0 Å². The van der Waals surface area contributed by atoms with Crippen molar-refractivity contribution in [2.45, 2.75) is 12.8 Å². The van der Waals surface area contributed by atoms with Gasteiger partial charge in [-0.3, -0.25) is 4.79 Å². The van der Waals surface area contributed by atoms with E-state index in [1.165, 1.54) is 5.01 Å². The highest BCUT2D eigenvalue weighted by atomic mass is 35.5. The van der Waals surface area contributed by atoms with Gasteiger partial charge in [0.15, 0.2) is 0 Å². The van der Waals surface area contributed by atoms with Gasteiger partial charge in [-0.05, 0) is 48.7 Å². The van der Waals surface area contributed by atoms with Crippen LogP contribution in [-0.4, -0.2) is 18.7 Å². The molecule has 0 N–H and O–H groups in total. The van der Waals surface area contributed by atoms with Crippen molar-refractivity contribution in [3.8, 4) is 5.75 Å². The van der Waals surface area contributed by atoms with Gasteiger partial charge in [0.2, 0.25) is 0 Å². The molecule has 1 heterocycles. The minimum atomic E-state index is -0.103. The van der Waals surface area contributed by atoms with Gasteiger partial charge in [-0.25, -0.2) is 5.01 Å². The van der Waals surface area contributed by atoms with Crippen LogP contribution in [0.5, 0.6) is 5.75 Å². The number of amides is 1. The Morgan fingerprint density at radius 3 is 2.50 bits per heavy atom. The van der Waals surface area contributed by atoms with Gasteiger partial charge in [0.25, 0.3) is 5.91 Å². The van der Waals surface area contributed by atoms with Gasteiger partial charge in [-0.1, -0.05) is 42.0 Å². The smallest absolute Gasteiger partial charge is 0.251 e. The van der Waals surface area contributed by atoms with Crippen molar-refractivity contribution in [1.82, 2.24) is 0 Å². The predicted octanol–water partition coefficient (Wildman–Crippen LogP) is 4.68. The zero-order chi connectivity index (χ0) is 18.1. The van der Waals surface area contributed by atoms with Crippen LogP contribution in [0.2, 0.25) is 5.02 Å². The summed E-state index contributed by atoms with van der Waals surface area (Å²) in [5, 5.41) is 6.83. The first-order chi connectivity index (χ1) is 12.7. The number of rotatable bonds is 3. The van der Waals surface area contributed by atoms with E-state index in [9.17, 15) is 4.79 Å². The van der Waals surface area contributed by atoms with Crippen LogP contribution in [0.1, 0.15) is 18.4 Å². The Labute approximate surface area is 157 Å². The number of nitrogens with zero attached hydrogens (tertiary/aromatic N) is 2. The average molecular weight is 367 g/mol. The summed E-state index contributed by atoms with van der Waals surface area (Å²) >= 11 is 6.33. The topological polar surface area (TPSA) is 41.9 Å². The summed E-state index contributed by atoms with van der Waals surface area (Å²) in [5.74, 6) is 0.641. The molecule has 2 aliphatic rings. The van der Waals surface area contributed by atoms with Crippen LogP contribution < -0.4 is 9.75 Å². The fourth-order valence-corrected chi connectivity index (χ4v) is 3.89. The van der Waals surface area contributed by atoms with Gasteiger partial charge >= 0.3 is 0 Å². The molecule has 0 saturated heterocycles. The Morgan fingerprint density at radius 2 is 1.81 bits per heavy atom. The van der Waals surface area contributed by atoms with Crippen molar-refractivity contribution in [3.05, 3.63) is 71.3 Å². The van der Waals surface area contributed by atoms with Crippen LogP contribution >= 0.6 is 11.6 Å². The highest BCUT2D eigenvalue weighted by molar-refractivity contribution is 6.32. The summed E-state index contributed by atoms with van der Waals surface area (Å²) in [5.41, 5.74) is 2.60. The first kappa shape index (κ1) is 16.9. The number of benzene rings is 2. The Kier molecular flexibility index (Phi) is 4.51. The largest absolute Gasteiger partial charge is 0.495 e. The minimum Gasteiger partial charge on any atom is -0.495 e. The zero-order valence-electron chi connectivity index (χ0n) is 14.4. The third kappa shape index (κ3) is 2.90. The Morgan fingerprint density at radius 1 is 1.08 bits per heavy atom. The number of hydrogen-bond donors (Lipinski definition) is 0. The van der Waals surface area contributed by atoms with E-state index in [-0.39, 0.29) is 17.7 Å². The Balaban J connectivity index is 1.82. The summed E-state index contributed by atoms with van der Waals surface area (Å²) in [4.78, 5) is 13.0.